The van der Waals surface area contributed by atoms with E-state index in [1.807, 2.05) is 53.2 Å². The fourth-order valence-electron chi connectivity index (χ4n) is 2.80. The van der Waals surface area contributed by atoms with Crippen LogP contribution in [0.15, 0.2) is 61.1 Å². The number of hydrogen-bond donors (Lipinski definition) is 0. The Bertz CT molecular complexity index is 1040. The summed E-state index contributed by atoms with van der Waals surface area (Å²) < 4.78 is 12.7. The summed E-state index contributed by atoms with van der Waals surface area (Å²) in [6, 6.07) is 13.6. The number of nitrogens with zero attached hydrogens (tertiary/aromatic N) is 4. The van der Waals surface area contributed by atoms with Gasteiger partial charge in [0.15, 0.2) is 17.1 Å². The van der Waals surface area contributed by atoms with E-state index < -0.39 is 0 Å². The highest BCUT2D eigenvalue weighted by atomic mass is 16.7. The lowest BCUT2D eigenvalue weighted by Gasteiger charge is -2.05. The minimum absolute atomic E-state index is 0.260. The molecule has 0 radical (unpaired) electrons. The Morgan fingerprint density at radius 2 is 1.75 bits per heavy atom. The SMILES string of the molecule is c1cc(-c2ccc3ncc(-c4ccc5c(c4)OCO5)n3n2)ccn1. The van der Waals surface area contributed by atoms with E-state index in [4.69, 9.17) is 14.6 Å². The first-order valence-electron chi connectivity index (χ1n) is 7.54. The van der Waals surface area contributed by atoms with Crippen molar-refractivity contribution in [2.24, 2.45) is 0 Å². The maximum Gasteiger partial charge on any atom is 0.231 e. The van der Waals surface area contributed by atoms with Gasteiger partial charge >= 0.3 is 0 Å². The Labute approximate surface area is 137 Å². The van der Waals surface area contributed by atoms with Crippen molar-refractivity contribution in [2.45, 2.75) is 0 Å². The summed E-state index contributed by atoms with van der Waals surface area (Å²) in [5.41, 5.74) is 4.55. The molecular weight excluding hydrogens is 304 g/mol. The molecule has 0 bridgehead atoms. The number of imidazole rings is 1. The smallest absolute Gasteiger partial charge is 0.231 e. The molecule has 0 fully saturated rings. The molecule has 0 saturated carbocycles. The van der Waals surface area contributed by atoms with Gasteiger partial charge in [0.25, 0.3) is 0 Å². The van der Waals surface area contributed by atoms with Gasteiger partial charge in [-0.3, -0.25) is 4.98 Å². The fourth-order valence-corrected chi connectivity index (χ4v) is 2.80. The van der Waals surface area contributed by atoms with Gasteiger partial charge in [-0.05, 0) is 42.5 Å². The monoisotopic (exact) mass is 316 g/mol. The van der Waals surface area contributed by atoms with E-state index in [1.54, 1.807) is 12.4 Å². The molecule has 0 N–H and O–H groups in total. The maximum absolute atomic E-state index is 5.46. The Kier molecular flexibility index (Phi) is 2.75. The number of benzene rings is 1. The minimum Gasteiger partial charge on any atom is -0.454 e. The second-order valence-electron chi connectivity index (χ2n) is 5.44. The van der Waals surface area contributed by atoms with Crippen LogP contribution in [0, 0.1) is 0 Å². The average molecular weight is 316 g/mol. The zero-order valence-corrected chi connectivity index (χ0v) is 12.6. The first kappa shape index (κ1) is 13.1. The van der Waals surface area contributed by atoms with E-state index in [-0.39, 0.29) is 6.79 Å². The zero-order chi connectivity index (χ0) is 15.9. The van der Waals surface area contributed by atoms with Gasteiger partial charge < -0.3 is 9.47 Å². The van der Waals surface area contributed by atoms with Crippen LogP contribution in [0.4, 0.5) is 0 Å². The quantitative estimate of drug-likeness (QED) is 0.568. The summed E-state index contributed by atoms with van der Waals surface area (Å²) in [6.07, 6.45) is 5.33. The van der Waals surface area contributed by atoms with Gasteiger partial charge in [0.05, 0.1) is 17.6 Å². The number of aromatic nitrogens is 4. The summed E-state index contributed by atoms with van der Waals surface area (Å²) >= 11 is 0. The van der Waals surface area contributed by atoms with Crippen LogP contribution in [0.3, 0.4) is 0 Å². The van der Waals surface area contributed by atoms with Gasteiger partial charge in [-0.1, -0.05) is 0 Å². The van der Waals surface area contributed by atoms with Gasteiger partial charge in [0.2, 0.25) is 6.79 Å². The first-order valence-corrected chi connectivity index (χ1v) is 7.54. The molecule has 0 spiro atoms. The Morgan fingerprint density at radius 3 is 2.67 bits per heavy atom. The molecule has 116 valence electrons. The van der Waals surface area contributed by atoms with Gasteiger partial charge in [-0.25, -0.2) is 9.50 Å². The second-order valence-corrected chi connectivity index (χ2v) is 5.44. The molecule has 4 heterocycles. The van der Waals surface area contributed by atoms with Crippen molar-refractivity contribution < 1.29 is 9.47 Å². The zero-order valence-electron chi connectivity index (χ0n) is 12.6. The molecule has 0 atom stereocenters. The summed E-state index contributed by atoms with van der Waals surface area (Å²) in [5.74, 6) is 1.51. The fraction of sp³-hybridized carbons (Fsp3) is 0.0556. The Hall–Kier alpha value is -3.41. The topological polar surface area (TPSA) is 61.5 Å². The van der Waals surface area contributed by atoms with Crippen molar-refractivity contribution in [1.82, 2.24) is 19.6 Å². The number of pyridine rings is 1. The molecule has 3 aromatic heterocycles. The van der Waals surface area contributed by atoms with Gasteiger partial charge in [0.1, 0.15) is 0 Å². The standard InChI is InChI=1S/C18H12N4O2/c1-3-16-17(24-11-23-16)9-13(1)15-10-20-18-4-2-14(21-22(15)18)12-5-7-19-8-6-12/h1-10H,11H2. The molecular formula is C18H12N4O2. The molecule has 1 aromatic carbocycles. The van der Waals surface area contributed by atoms with Crippen LogP contribution in [0.1, 0.15) is 0 Å². The van der Waals surface area contributed by atoms with E-state index in [9.17, 15) is 0 Å². The second kappa shape index (κ2) is 5.06. The molecule has 1 aliphatic rings. The van der Waals surface area contributed by atoms with E-state index in [2.05, 4.69) is 9.97 Å². The molecule has 1 aliphatic heterocycles. The van der Waals surface area contributed by atoms with Crippen LogP contribution in [-0.4, -0.2) is 26.4 Å². The summed E-state index contributed by atoms with van der Waals surface area (Å²) in [6.45, 7) is 0.260. The van der Waals surface area contributed by atoms with Gasteiger partial charge in [-0.15, -0.1) is 0 Å². The molecule has 0 amide bonds. The first-order chi connectivity index (χ1) is 11.9. The van der Waals surface area contributed by atoms with E-state index in [1.165, 1.54) is 0 Å². The van der Waals surface area contributed by atoms with Gasteiger partial charge in [-0.2, -0.15) is 5.10 Å². The highest BCUT2D eigenvalue weighted by molar-refractivity contribution is 5.68. The van der Waals surface area contributed by atoms with Crippen LogP contribution in [0.5, 0.6) is 11.5 Å². The molecule has 0 unspecified atom stereocenters. The highest BCUT2D eigenvalue weighted by Crippen LogP contribution is 2.36. The molecule has 5 rings (SSSR count). The average Bonchev–Trinajstić information content (AvgIpc) is 3.27. The van der Waals surface area contributed by atoms with Crippen molar-refractivity contribution in [2.75, 3.05) is 6.79 Å². The molecule has 6 heteroatoms. The third-order valence-electron chi connectivity index (χ3n) is 4.01. The Morgan fingerprint density at radius 1 is 0.875 bits per heavy atom. The third kappa shape index (κ3) is 2.00. The van der Waals surface area contributed by atoms with Crippen LogP contribution >= 0.6 is 0 Å². The van der Waals surface area contributed by atoms with Crippen LogP contribution < -0.4 is 9.47 Å². The van der Waals surface area contributed by atoms with Crippen molar-refractivity contribution >= 4 is 5.65 Å². The van der Waals surface area contributed by atoms with Crippen molar-refractivity contribution in [3.63, 3.8) is 0 Å². The molecule has 6 nitrogen and oxygen atoms in total. The summed E-state index contributed by atoms with van der Waals surface area (Å²) in [7, 11) is 0. The van der Waals surface area contributed by atoms with Crippen molar-refractivity contribution in [1.29, 1.82) is 0 Å². The number of fused-ring (bicyclic) bond motifs is 2. The minimum atomic E-state index is 0.260. The van der Waals surface area contributed by atoms with Crippen molar-refractivity contribution in [3.8, 4) is 34.0 Å². The molecule has 0 aliphatic carbocycles. The number of ether oxygens (including phenoxy) is 2. The number of hydrogen-bond acceptors (Lipinski definition) is 5. The lowest BCUT2D eigenvalue weighted by molar-refractivity contribution is 0.174. The summed E-state index contributed by atoms with van der Waals surface area (Å²) in [5, 5.41) is 4.73. The predicted octanol–water partition coefficient (Wildman–Crippen LogP) is 3.19. The third-order valence-corrected chi connectivity index (χ3v) is 4.01. The predicted molar refractivity (Wildman–Crippen MR) is 87.8 cm³/mol. The van der Waals surface area contributed by atoms with Crippen LogP contribution in [0.25, 0.3) is 28.2 Å². The van der Waals surface area contributed by atoms with E-state index in [0.29, 0.717) is 0 Å². The largest absolute Gasteiger partial charge is 0.454 e. The van der Waals surface area contributed by atoms with E-state index >= 15 is 0 Å². The van der Waals surface area contributed by atoms with Gasteiger partial charge in [0, 0.05) is 23.5 Å². The lowest BCUT2D eigenvalue weighted by Crippen LogP contribution is -1.96. The molecule has 0 saturated heterocycles. The van der Waals surface area contributed by atoms with Crippen LogP contribution in [0.2, 0.25) is 0 Å². The molecule has 24 heavy (non-hydrogen) atoms. The molecule has 4 aromatic rings. The van der Waals surface area contributed by atoms with Crippen molar-refractivity contribution in [3.05, 3.63) is 61.1 Å². The maximum atomic E-state index is 5.46. The Balaban J connectivity index is 1.66. The van der Waals surface area contributed by atoms with E-state index in [0.717, 1.165) is 39.7 Å². The normalized spacial score (nSPS) is 12.7. The highest BCUT2D eigenvalue weighted by Gasteiger charge is 2.16. The van der Waals surface area contributed by atoms with Crippen LogP contribution in [-0.2, 0) is 0 Å². The lowest BCUT2D eigenvalue weighted by atomic mass is 10.1. The summed E-state index contributed by atoms with van der Waals surface area (Å²) in [4.78, 5) is 8.49. The number of rotatable bonds is 2.